The standard InChI is InChI=1S/C26H21O2P.C9H10FNO.C2H4FN3/c1-20-17-18-24(28-26(27)21-11-5-2-6-12-21)25(19-20)29(22-13-7-3-8-14-22)23-15-9-4-10-16-23;10-6-7-11-9(12)8-4-2-1-3-5-8;3-1-2-5-6-4/h2-19H,1H3;1-5H,6-7H2,(H,11,12);1-2H2/i;10-1;3-1. The summed E-state index contributed by atoms with van der Waals surface area (Å²) in [5.41, 5.74) is 9.73. The van der Waals surface area contributed by atoms with Crippen LogP contribution in [0, 0.1) is 6.92 Å². The summed E-state index contributed by atoms with van der Waals surface area (Å²) in [5, 5.41) is 8.81. The second-order valence-electron chi connectivity index (χ2n) is 9.69. The Bertz CT molecular complexity index is 1670. The van der Waals surface area contributed by atoms with Gasteiger partial charge < -0.3 is 10.1 Å². The van der Waals surface area contributed by atoms with Crippen LogP contribution in [-0.4, -0.2) is 38.3 Å². The lowest BCUT2D eigenvalue weighted by atomic mass is 10.2. The molecule has 1 N–H and O–H groups in total. The Morgan fingerprint density at radius 2 is 1.26 bits per heavy atom. The van der Waals surface area contributed by atoms with Gasteiger partial charge in [-0.2, -0.15) is 0 Å². The molecule has 0 aromatic heterocycles. The molecule has 5 rings (SSSR count). The molecule has 0 aliphatic carbocycles. The van der Waals surface area contributed by atoms with Gasteiger partial charge in [-0.25, -0.2) is 9.18 Å². The van der Waals surface area contributed by atoms with E-state index in [-0.39, 0.29) is 25.0 Å². The number of nitrogens with zero attached hydrogens (tertiary/aromatic N) is 3. The van der Waals surface area contributed by atoms with Crippen LogP contribution >= 0.6 is 7.92 Å². The molecule has 0 saturated heterocycles. The van der Waals surface area contributed by atoms with Gasteiger partial charge in [0.25, 0.3) is 5.91 Å². The van der Waals surface area contributed by atoms with E-state index in [0.29, 0.717) is 16.9 Å². The fourth-order valence-corrected chi connectivity index (χ4v) is 6.61. The maximum Gasteiger partial charge on any atom is 0.343 e. The Labute approximate surface area is 274 Å². The molecule has 240 valence electrons. The van der Waals surface area contributed by atoms with Gasteiger partial charge in [-0.3, -0.25) is 9.18 Å². The number of amides is 1. The average Bonchev–Trinajstić information content (AvgIpc) is 3.13. The maximum absolute atomic E-state index is 12.7. The van der Waals surface area contributed by atoms with Crippen molar-refractivity contribution in [3.63, 3.8) is 0 Å². The summed E-state index contributed by atoms with van der Waals surface area (Å²) in [6.45, 7) is 1.00. The molecule has 0 aliphatic rings. The van der Waals surface area contributed by atoms with Crippen LogP contribution in [0.15, 0.2) is 145 Å². The molecule has 7 nitrogen and oxygen atoms in total. The van der Waals surface area contributed by atoms with E-state index >= 15 is 0 Å². The molecule has 5 aromatic carbocycles. The zero-order chi connectivity index (χ0) is 33.7. The van der Waals surface area contributed by atoms with Crippen molar-refractivity contribution in [3.05, 3.63) is 167 Å². The van der Waals surface area contributed by atoms with Gasteiger partial charge in [0, 0.05) is 22.3 Å². The topological polar surface area (TPSA) is 104 Å². The molecular formula is C37H35F2N4O3P. The summed E-state index contributed by atoms with van der Waals surface area (Å²) in [4.78, 5) is 26.2. The van der Waals surface area contributed by atoms with Crippen molar-refractivity contribution in [2.45, 2.75) is 6.92 Å². The monoisotopic (exact) mass is 650 g/mol. The second kappa shape index (κ2) is 20.6. The van der Waals surface area contributed by atoms with Crippen molar-refractivity contribution in [2.75, 3.05) is 26.4 Å². The number of aryl methyl sites for hydroxylation is 1. The van der Waals surface area contributed by atoms with Crippen LogP contribution in [0.4, 0.5) is 8.78 Å². The van der Waals surface area contributed by atoms with Crippen molar-refractivity contribution >= 4 is 35.7 Å². The number of ether oxygens (including phenoxy) is 1. The third-order valence-corrected chi connectivity index (χ3v) is 8.72. The first-order valence-electron chi connectivity index (χ1n) is 14.7. The van der Waals surface area contributed by atoms with E-state index in [1.807, 2.05) is 48.5 Å². The van der Waals surface area contributed by atoms with Crippen molar-refractivity contribution < 1.29 is 23.1 Å². The summed E-state index contributed by atoms with van der Waals surface area (Å²) in [6.07, 6.45) is 0. The summed E-state index contributed by atoms with van der Waals surface area (Å²) >= 11 is 0. The van der Waals surface area contributed by atoms with E-state index in [9.17, 15) is 18.4 Å². The third-order valence-electron chi connectivity index (χ3n) is 6.26. The van der Waals surface area contributed by atoms with Crippen molar-refractivity contribution in [2.24, 2.45) is 5.11 Å². The van der Waals surface area contributed by atoms with Crippen LogP contribution in [-0.2, 0) is 0 Å². The average molecular weight is 651 g/mol. The van der Waals surface area contributed by atoms with E-state index in [1.165, 1.54) is 10.6 Å². The van der Waals surface area contributed by atoms with Crippen LogP contribution in [0.2, 0.25) is 0 Å². The van der Waals surface area contributed by atoms with Gasteiger partial charge in [-0.15, -0.1) is 0 Å². The zero-order valence-corrected chi connectivity index (χ0v) is 26.8. The van der Waals surface area contributed by atoms with Crippen molar-refractivity contribution in [1.82, 2.24) is 5.32 Å². The van der Waals surface area contributed by atoms with Crippen LogP contribution < -0.4 is 26.0 Å². The van der Waals surface area contributed by atoms with Crippen LogP contribution in [0.5, 0.6) is 5.75 Å². The summed E-state index contributed by atoms with van der Waals surface area (Å²) in [5.74, 6) is 0.0447. The lowest BCUT2D eigenvalue weighted by molar-refractivity contribution is 0.0736. The number of hydrogen-bond acceptors (Lipinski definition) is 4. The SMILES string of the molecule is Cc1ccc(OC(=O)c2ccccc2)c(P(c2ccccc2)c2ccccc2)c1.O=C(NCC[18F])c1ccccc1.[N-]=[N+]=NCC[18F]. The van der Waals surface area contributed by atoms with Crippen molar-refractivity contribution in [1.29, 1.82) is 0 Å². The molecule has 0 bridgehead atoms. The summed E-state index contributed by atoms with van der Waals surface area (Å²) in [7, 11) is -0.860. The summed E-state index contributed by atoms with van der Waals surface area (Å²) < 4.78 is 28.5. The molecule has 0 aliphatic heterocycles. The molecule has 0 atom stereocenters. The smallest absolute Gasteiger partial charge is 0.343 e. The van der Waals surface area contributed by atoms with Crippen LogP contribution in [0.25, 0.3) is 10.4 Å². The van der Waals surface area contributed by atoms with E-state index in [0.717, 1.165) is 10.9 Å². The number of nitrogens with one attached hydrogen (secondary N) is 1. The number of carbonyl (C=O) groups excluding carboxylic acids is 2. The van der Waals surface area contributed by atoms with Gasteiger partial charge in [-0.05, 0) is 67.4 Å². The molecule has 0 spiro atoms. The number of carbonyl (C=O) groups is 2. The van der Waals surface area contributed by atoms with Gasteiger partial charge >= 0.3 is 5.97 Å². The number of benzene rings is 5. The Balaban J connectivity index is 0.000000275. The highest BCUT2D eigenvalue weighted by molar-refractivity contribution is 7.80. The molecule has 1 amide bonds. The first kappa shape index (κ1) is 36.1. The number of azide groups is 1. The predicted octanol–water partition coefficient (Wildman–Crippen LogP) is 7.62. The number of rotatable bonds is 10. The van der Waals surface area contributed by atoms with Gasteiger partial charge in [0.1, 0.15) is 12.4 Å². The van der Waals surface area contributed by atoms with E-state index in [2.05, 4.69) is 76.9 Å². The molecule has 0 heterocycles. The fraction of sp³-hybridized carbons (Fsp3) is 0.135. The van der Waals surface area contributed by atoms with E-state index in [1.54, 1.807) is 36.4 Å². The Morgan fingerprint density at radius 1 is 0.745 bits per heavy atom. The molecule has 0 unspecified atom stereocenters. The van der Waals surface area contributed by atoms with E-state index < -0.39 is 21.3 Å². The Morgan fingerprint density at radius 3 is 1.72 bits per heavy atom. The lowest BCUT2D eigenvalue weighted by Crippen LogP contribution is -2.25. The number of hydrogen-bond donors (Lipinski definition) is 1. The lowest BCUT2D eigenvalue weighted by Gasteiger charge is -2.22. The third kappa shape index (κ3) is 12.2. The molecule has 10 heteroatoms. The first-order valence-corrected chi connectivity index (χ1v) is 16.1. The molecule has 47 heavy (non-hydrogen) atoms. The fourth-order valence-electron chi connectivity index (χ4n) is 4.14. The van der Waals surface area contributed by atoms with Crippen LogP contribution in [0.1, 0.15) is 26.3 Å². The quantitative estimate of drug-likeness (QED) is 0.0420. The Hall–Kier alpha value is -5.36. The van der Waals surface area contributed by atoms with Gasteiger partial charge in [0.15, 0.2) is 0 Å². The highest BCUT2D eigenvalue weighted by atomic mass is 31.1. The van der Waals surface area contributed by atoms with Gasteiger partial charge in [0.05, 0.1) is 18.8 Å². The number of halogens is 2. The molecule has 5 aromatic rings. The predicted molar refractivity (Wildman–Crippen MR) is 186 cm³/mol. The largest absolute Gasteiger partial charge is 0.422 e. The minimum absolute atomic E-state index is 0.0451. The minimum atomic E-state index is -0.860. The van der Waals surface area contributed by atoms with E-state index in [4.69, 9.17) is 10.3 Å². The van der Waals surface area contributed by atoms with Crippen molar-refractivity contribution in [3.8, 4) is 5.75 Å². The molecule has 0 fully saturated rings. The maximum atomic E-state index is 12.7. The molecule has 0 radical (unpaired) electrons. The summed E-state index contributed by atoms with van der Waals surface area (Å²) in [6, 6.07) is 44.7. The first-order chi connectivity index (χ1) is 23.0. The molecular weight excluding hydrogens is 615 g/mol. The normalized spacial score (nSPS) is 9.87. The van der Waals surface area contributed by atoms with Gasteiger partial charge in [0.2, 0.25) is 0 Å². The highest BCUT2D eigenvalue weighted by Crippen LogP contribution is 2.37. The number of esters is 1. The number of alkyl halides is 2. The van der Waals surface area contributed by atoms with Gasteiger partial charge in [-0.1, -0.05) is 114 Å². The second-order valence-corrected chi connectivity index (χ2v) is 11.9. The minimum Gasteiger partial charge on any atom is -0.422 e. The molecule has 0 saturated carbocycles. The van der Waals surface area contributed by atoms with Crippen LogP contribution in [0.3, 0.4) is 0 Å². The zero-order valence-electron chi connectivity index (χ0n) is 25.9. The highest BCUT2D eigenvalue weighted by Gasteiger charge is 2.22. The Kier molecular flexibility index (Phi) is 15.8.